The second kappa shape index (κ2) is 18.0. The molecule has 172 valence electrons. The third-order valence-corrected chi connectivity index (χ3v) is 3.34. The third-order valence-electron chi connectivity index (χ3n) is 3.34. The van der Waals surface area contributed by atoms with Crippen LogP contribution in [0.2, 0.25) is 0 Å². The predicted molar refractivity (Wildman–Crippen MR) is 106 cm³/mol. The van der Waals surface area contributed by atoms with E-state index in [0.717, 1.165) is 0 Å². The van der Waals surface area contributed by atoms with Gasteiger partial charge in [-0.25, -0.2) is 9.59 Å². The Morgan fingerprint density at radius 3 is 2.13 bits per heavy atom. The largest absolute Gasteiger partial charge is 0.453 e. The molecule has 0 rings (SSSR count). The average Bonchev–Trinajstić information content (AvgIpc) is 2.73. The van der Waals surface area contributed by atoms with Crippen molar-refractivity contribution in [2.75, 3.05) is 53.6 Å². The lowest BCUT2D eigenvalue weighted by Crippen LogP contribution is -2.43. The number of hydrogen-bond acceptors (Lipinski definition) is 9. The highest BCUT2D eigenvalue weighted by molar-refractivity contribution is 5.77. The monoisotopic (exact) mass is 433 g/mol. The van der Waals surface area contributed by atoms with E-state index in [1.54, 1.807) is 0 Å². The zero-order chi connectivity index (χ0) is 22.6. The molecular formula is C17H31N5O8. The number of methoxy groups -OCH3 is 2. The summed E-state index contributed by atoms with van der Waals surface area (Å²) < 4.78 is 14.3. The van der Waals surface area contributed by atoms with E-state index < -0.39 is 18.3 Å². The summed E-state index contributed by atoms with van der Waals surface area (Å²) in [5, 5.41) is 13.8. The molecule has 13 heteroatoms. The van der Waals surface area contributed by atoms with Gasteiger partial charge in [0.2, 0.25) is 11.8 Å². The van der Waals surface area contributed by atoms with E-state index in [1.807, 2.05) is 0 Å². The van der Waals surface area contributed by atoms with E-state index >= 15 is 0 Å². The Bertz CT molecular complexity index is 538. The maximum Gasteiger partial charge on any atom is 0.406 e. The van der Waals surface area contributed by atoms with E-state index in [-0.39, 0.29) is 31.5 Å². The van der Waals surface area contributed by atoms with Crippen molar-refractivity contribution in [2.45, 2.75) is 25.9 Å². The van der Waals surface area contributed by atoms with Gasteiger partial charge in [0.05, 0.1) is 33.1 Å². The fourth-order valence-corrected chi connectivity index (χ4v) is 1.82. The normalized spacial score (nSPS) is 10.4. The van der Waals surface area contributed by atoms with Crippen LogP contribution < -0.4 is 21.3 Å². The number of alkyl carbamates (subject to hydrolysis) is 2. The van der Waals surface area contributed by atoms with Crippen LogP contribution in [0.25, 0.3) is 0 Å². The van der Waals surface area contributed by atoms with Crippen molar-refractivity contribution in [2.24, 2.45) is 5.16 Å². The van der Waals surface area contributed by atoms with Crippen LogP contribution in [0.3, 0.4) is 0 Å². The first-order valence-corrected chi connectivity index (χ1v) is 9.29. The molecule has 0 aliphatic heterocycles. The minimum atomic E-state index is -0.659. The molecule has 0 atom stereocenters. The molecule has 0 saturated carbocycles. The van der Waals surface area contributed by atoms with Crippen LogP contribution in [-0.4, -0.2) is 89.9 Å². The molecule has 0 aliphatic carbocycles. The maximum absolute atomic E-state index is 11.8. The molecule has 0 saturated heterocycles. The predicted octanol–water partition coefficient (Wildman–Crippen LogP) is -0.881. The highest BCUT2D eigenvalue weighted by atomic mass is 16.6. The molecule has 0 spiro atoms. The third kappa shape index (κ3) is 17.0. The fraction of sp³-hybridized carbons (Fsp3) is 0.706. The zero-order valence-electron chi connectivity index (χ0n) is 17.5. The number of rotatable bonds is 15. The number of carbonyl (C=O) groups excluding carboxylic acids is 4. The first-order chi connectivity index (χ1) is 14.4. The van der Waals surface area contributed by atoms with Crippen LogP contribution in [0.15, 0.2) is 5.16 Å². The van der Waals surface area contributed by atoms with Gasteiger partial charge in [0.15, 0.2) is 0 Å². The summed E-state index contributed by atoms with van der Waals surface area (Å²) in [7, 11) is 2.43. The summed E-state index contributed by atoms with van der Waals surface area (Å²) in [5.74, 6) is -0.489. The lowest BCUT2D eigenvalue weighted by atomic mass is 10.3. The van der Waals surface area contributed by atoms with Gasteiger partial charge < -0.3 is 40.3 Å². The molecule has 13 nitrogen and oxygen atoms in total. The molecule has 0 unspecified atom stereocenters. The van der Waals surface area contributed by atoms with Crippen LogP contribution in [0.5, 0.6) is 0 Å². The van der Waals surface area contributed by atoms with Gasteiger partial charge in [0, 0.05) is 26.6 Å². The van der Waals surface area contributed by atoms with Gasteiger partial charge in [-0.3, -0.25) is 9.59 Å². The molecule has 4 N–H and O–H groups in total. The molecule has 0 aliphatic rings. The quantitative estimate of drug-likeness (QED) is 0.147. The van der Waals surface area contributed by atoms with Gasteiger partial charge in [0.25, 0.3) is 0 Å². The molecule has 30 heavy (non-hydrogen) atoms. The molecule has 0 radical (unpaired) electrons. The lowest BCUT2D eigenvalue weighted by molar-refractivity contribution is -0.127. The van der Waals surface area contributed by atoms with Gasteiger partial charge in [-0.15, -0.1) is 0 Å². The van der Waals surface area contributed by atoms with Gasteiger partial charge in [0.1, 0.15) is 13.2 Å². The summed E-state index contributed by atoms with van der Waals surface area (Å²) in [6.07, 6.45) is 0.816. The molecule has 0 heterocycles. The second-order valence-corrected chi connectivity index (χ2v) is 5.79. The van der Waals surface area contributed by atoms with Crippen LogP contribution in [-0.2, 0) is 28.6 Å². The Labute approximate surface area is 175 Å². The standard InChI is InChI=1S/C17H31N5O8/c1-13(23)18-7-8-22-30-9-5-4-6-19-15(24)12-29-14(10-20-16(25)27-2)11-21-17(26)28-3/h8,14H,4-7,9-12H2,1-3H3,(H,18,23)(H,19,24)(H,20,25)(H,21,26)/b22-8+. The smallest absolute Gasteiger partial charge is 0.406 e. The highest BCUT2D eigenvalue weighted by Gasteiger charge is 2.15. The molecular weight excluding hydrogens is 402 g/mol. The Kier molecular flexibility index (Phi) is 16.1. The average molecular weight is 433 g/mol. The summed E-state index contributed by atoms with van der Waals surface area (Å²) in [4.78, 5) is 49.8. The van der Waals surface area contributed by atoms with E-state index in [2.05, 4.69) is 35.9 Å². The minimum Gasteiger partial charge on any atom is -0.453 e. The van der Waals surface area contributed by atoms with E-state index in [0.29, 0.717) is 32.5 Å². The molecule has 0 fully saturated rings. The molecule has 0 aromatic heterocycles. The molecule has 0 aromatic rings. The van der Waals surface area contributed by atoms with E-state index in [1.165, 1.54) is 27.4 Å². The number of carbonyl (C=O) groups is 4. The van der Waals surface area contributed by atoms with Crippen LogP contribution >= 0.6 is 0 Å². The van der Waals surface area contributed by atoms with Crippen molar-refractivity contribution in [3.05, 3.63) is 0 Å². The van der Waals surface area contributed by atoms with Gasteiger partial charge in [-0.05, 0) is 12.8 Å². The first kappa shape index (κ1) is 26.9. The fourth-order valence-electron chi connectivity index (χ4n) is 1.82. The van der Waals surface area contributed by atoms with Crippen LogP contribution in [0.4, 0.5) is 9.59 Å². The van der Waals surface area contributed by atoms with Crippen molar-refractivity contribution in [1.29, 1.82) is 0 Å². The Morgan fingerprint density at radius 2 is 1.57 bits per heavy atom. The molecule has 4 amide bonds. The minimum absolute atomic E-state index is 0.0315. The van der Waals surface area contributed by atoms with Crippen LogP contribution in [0, 0.1) is 0 Å². The van der Waals surface area contributed by atoms with Gasteiger partial charge in [-0.1, -0.05) is 5.16 Å². The highest BCUT2D eigenvalue weighted by Crippen LogP contribution is 1.93. The summed E-state index contributed by atoms with van der Waals surface area (Å²) in [6, 6.07) is 0. The summed E-state index contributed by atoms with van der Waals surface area (Å²) in [6.45, 7) is 2.33. The molecule has 0 aromatic carbocycles. The van der Waals surface area contributed by atoms with Crippen molar-refractivity contribution < 1.29 is 38.2 Å². The van der Waals surface area contributed by atoms with Crippen molar-refractivity contribution in [3.63, 3.8) is 0 Å². The Morgan fingerprint density at radius 1 is 0.933 bits per heavy atom. The summed E-state index contributed by atoms with van der Waals surface area (Å²) >= 11 is 0. The summed E-state index contributed by atoms with van der Waals surface area (Å²) in [5.41, 5.74) is 0. The number of unbranched alkanes of at least 4 members (excludes halogenated alkanes) is 1. The number of nitrogens with one attached hydrogen (secondary N) is 4. The van der Waals surface area contributed by atoms with Crippen molar-refractivity contribution in [3.8, 4) is 0 Å². The van der Waals surface area contributed by atoms with E-state index in [9.17, 15) is 19.2 Å². The lowest BCUT2D eigenvalue weighted by Gasteiger charge is -2.18. The number of amides is 4. The second-order valence-electron chi connectivity index (χ2n) is 5.79. The number of oxime groups is 1. The van der Waals surface area contributed by atoms with Crippen molar-refractivity contribution in [1.82, 2.24) is 21.3 Å². The van der Waals surface area contributed by atoms with E-state index in [4.69, 9.17) is 9.57 Å². The van der Waals surface area contributed by atoms with Crippen LogP contribution in [0.1, 0.15) is 19.8 Å². The SMILES string of the molecule is COC(=O)NCC(CNC(=O)OC)OCC(=O)NCCCCO/N=C/CNC(C)=O. The first-order valence-electron chi connectivity index (χ1n) is 9.29. The number of ether oxygens (including phenoxy) is 3. The zero-order valence-corrected chi connectivity index (χ0v) is 17.5. The van der Waals surface area contributed by atoms with Crippen molar-refractivity contribution >= 4 is 30.2 Å². The number of hydrogen-bond donors (Lipinski definition) is 4. The Hall–Kier alpha value is -3.09. The van der Waals surface area contributed by atoms with Gasteiger partial charge >= 0.3 is 12.2 Å². The molecule has 0 bridgehead atoms. The number of nitrogens with zero attached hydrogens (tertiary/aromatic N) is 1. The Balaban J connectivity index is 3.93. The topological polar surface area (TPSA) is 166 Å². The maximum atomic E-state index is 11.8. The van der Waals surface area contributed by atoms with Gasteiger partial charge in [-0.2, -0.15) is 0 Å².